The highest BCUT2D eigenvalue weighted by Crippen LogP contribution is 2.33. The number of hydrogen-bond acceptors (Lipinski definition) is 1. The van der Waals surface area contributed by atoms with Gasteiger partial charge in [0.25, 0.3) is 0 Å². The second kappa shape index (κ2) is 3.27. The van der Waals surface area contributed by atoms with Gasteiger partial charge in [-0.05, 0) is 11.5 Å². The molecule has 0 aliphatic carbocycles. The number of hydrogen-bond donors (Lipinski definition) is 2. The van der Waals surface area contributed by atoms with Crippen LogP contribution in [0.2, 0.25) is 0 Å². The third kappa shape index (κ3) is 1.70. The van der Waals surface area contributed by atoms with Crippen molar-refractivity contribution in [3.8, 4) is 0 Å². The standard InChI is InChI=1S/C10H9F3N2/c11-10(12,13)9(14)7-3-1-2-6-4-5-15-8(6)7/h1-5,9,15H,14H2/t9-/m0/s1. The first-order chi connectivity index (χ1) is 7.00. The Hall–Kier alpha value is -1.49. The topological polar surface area (TPSA) is 41.8 Å². The van der Waals surface area contributed by atoms with E-state index < -0.39 is 12.2 Å². The fourth-order valence-electron chi connectivity index (χ4n) is 1.54. The van der Waals surface area contributed by atoms with Crippen molar-refractivity contribution in [1.29, 1.82) is 0 Å². The number of aromatic amines is 1. The lowest BCUT2D eigenvalue weighted by Gasteiger charge is -2.16. The average molecular weight is 214 g/mol. The third-order valence-electron chi connectivity index (χ3n) is 2.31. The molecule has 0 bridgehead atoms. The van der Waals surface area contributed by atoms with Crippen molar-refractivity contribution in [3.63, 3.8) is 0 Å². The summed E-state index contributed by atoms with van der Waals surface area (Å²) in [5.41, 5.74) is 5.67. The van der Waals surface area contributed by atoms with E-state index in [4.69, 9.17) is 5.73 Å². The summed E-state index contributed by atoms with van der Waals surface area (Å²) in [6.07, 6.45) is -2.82. The van der Waals surface area contributed by atoms with Crippen LogP contribution in [0.3, 0.4) is 0 Å². The van der Waals surface area contributed by atoms with E-state index >= 15 is 0 Å². The highest BCUT2D eigenvalue weighted by molar-refractivity contribution is 5.83. The van der Waals surface area contributed by atoms with Crippen molar-refractivity contribution in [3.05, 3.63) is 36.0 Å². The Morgan fingerprint density at radius 3 is 2.60 bits per heavy atom. The summed E-state index contributed by atoms with van der Waals surface area (Å²) in [5.74, 6) is 0. The number of rotatable bonds is 1. The molecule has 0 aliphatic heterocycles. The van der Waals surface area contributed by atoms with Gasteiger partial charge in [0.05, 0.1) is 5.52 Å². The van der Waals surface area contributed by atoms with E-state index in [-0.39, 0.29) is 5.56 Å². The van der Waals surface area contributed by atoms with Gasteiger partial charge in [0.2, 0.25) is 0 Å². The van der Waals surface area contributed by atoms with Gasteiger partial charge >= 0.3 is 6.18 Å². The van der Waals surface area contributed by atoms with Gasteiger partial charge in [-0.3, -0.25) is 0 Å². The minimum Gasteiger partial charge on any atom is -0.361 e. The highest BCUT2D eigenvalue weighted by Gasteiger charge is 2.38. The Kier molecular flexibility index (Phi) is 2.19. The lowest BCUT2D eigenvalue weighted by molar-refractivity contribution is -0.148. The Morgan fingerprint density at radius 1 is 1.20 bits per heavy atom. The monoisotopic (exact) mass is 214 g/mol. The van der Waals surface area contributed by atoms with E-state index in [1.807, 2.05) is 0 Å². The second-order valence-corrected chi connectivity index (χ2v) is 3.31. The van der Waals surface area contributed by atoms with E-state index in [1.54, 1.807) is 24.4 Å². The number of halogens is 3. The van der Waals surface area contributed by atoms with E-state index in [9.17, 15) is 13.2 Å². The van der Waals surface area contributed by atoms with Crippen LogP contribution in [-0.2, 0) is 0 Å². The molecule has 5 heteroatoms. The molecular weight excluding hydrogens is 205 g/mol. The lowest BCUT2D eigenvalue weighted by Crippen LogP contribution is -2.28. The molecule has 80 valence electrons. The summed E-state index contributed by atoms with van der Waals surface area (Å²) in [6.45, 7) is 0. The van der Waals surface area contributed by atoms with Gasteiger partial charge in [0.1, 0.15) is 6.04 Å². The van der Waals surface area contributed by atoms with E-state index in [0.717, 1.165) is 5.39 Å². The smallest absolute Gasteiger partial charge is 0.361 e. The van der Waals surface area contributed by atoms with Crippen LogP contribution in [0.4, 0.5) is 13.2 Å². The summed E-state index contributed by atoms with van der Waals surface area (Å²) in [4.78, 5) is 2.76. The minimum atomic E-state index is -4.42. The van der Waals surface area contributed by atoms with Crippen LogP contribution in [0.25, 0.3) is 10.9 Å². The summed E-state index contributed by atoms with van der Waals surface area (Å²) >= 11 is 0. The van der Waals surface area contributed by atoms with Crippen LogP contribution in [0.1, 0.15) is 11.6 Å². The first kappa shape index (κ1) is 10.0. The van der Waals surface area contributed by atoms with Crippen molar-refractivity contribution in [2.75, 3.05) is 0 Å². The van der Waals surface area contributed by atoms with Gasteiger partial charge < -0.3 is 10.7 Å². The van der Waals surface area contributed by atoms with Gasteiger partial charge in [-0.25, -0.2) is 0 Å². The van der Waals surface area contributed by atoms with Crippen LogP contribution < -0.4 is 5.73 Å². The Morgan fingerprint density at radius 2 is 1.93 bits per heavy atom. The molecule has 0 aliphatic rings. The number of nitrogens with one attached hydrogen (secondary N) is 1. The molecule has 2 nitrogen and oxygen atoms in total. The maximum Gasteiger partial charge on any atom is 0.407 e. The molecule has 0 unspecified atom stereocenters. The highest BCUT2D eigenvalue weighted by atomic mass is 19.4. The molecule has 15 heavy (non-hydrogen) atoms. The number of H-pyrrole nitrogens is 1. The number of alkyl halides is 3. The largest absolute Gasteiger partial charge is 0.407 e. The number of para-hydroxylation sites is 1. The van der Waals surface area contributed by atoms with Gasteiger partial charge in [-0.15, -0.1) is 0 Å². The fourth-order valence-corrected chi connectivity index (χ4v) is 1.54. The summed E-state index contributed by atoms with van der Waals surface area (Å²) in [5, 5.41) is 0.729. The second-order valence-electron chi connectivity index (χ2n) is 3.31. The number of benzene rings is 1. The zero-order valence-electron chi connectivity index (χ0n) is 7.68. The van der Waals surface area contributed by atoms with E-state index in [1.165, 1.54) is 6.07 Å². The van der Waals surface area contributed by atoms with Crippen molar-refractivity contribution in [2.45, 2.75) is 12.2 Å². The molecule has 3 N–H and O–H groups in total. The lowest BCUT2D eigenvalue weighted by atomic mass is 10.0. The maximum absolute atomic E-state index is 12.4. The quantitative estimate of drug-likeness (QED) is 0.752. The Labute approximate surface area is 83.9 Å². The van der Waals surface area contributed by atoms with Crippen molar-refractivity contribution in [1.82, 2.24) is 4.98 Å². The molecule has 1 heterocycles. The van der Waals surface area contributed by atoms with Crippen LogP contribution in [-0.4, -0.2) is 11.2 Å². The molecule has 0 fully saturated rings. The zero-order chi connectivity index (χ0) is 11.1. The fraction of sp³-hybridized carbons (Fsp3) is 0.200. The number of fused-ring (bicyclic) bond motifs is 1. The molecule has 1 aromatic carbocycles. The van der Waals surface area contributed by atoms with Crippen LogP contribution in [0.15, 0.2) is 30.5 Å². The maximum atomic E-state index is 12.4. The van der Waals surface area contributed by atoms with Gasteiger partial charge in [0, 0.05) is 11.8 Å². The first-order valence-electron chi connectivity index (χ1n) is 4.38. The molecule has 0 saturated heterocycles. The minimum absolute atomic E-state index is 0.0741. The van der Waals surface area contributed by atoms with Crippen LogP contribution >= 0.6 is 0 Å². The van der Waals surface area contributed by atoms with Crippen molar-refractivity contribution in [2.24, 2.45) is 5.73 Å². The van der Waals surface area contributed by atoms with E-state index in [2.05, 4.69) is 4.98 Å². The Balaban J connectivity index is 2.56. The Bertz CT molecular complexity index is 473. The predicted molar refractivity (Wildman–Crippen MR) is 51.3 cm³/mol. The molecule has 1 atom stereocenters. The summed E-state index contributed by atoms with van der Waals surface area (Å²) < 4.78 is 37.3. The average Bonchev–Trinajstić information content (AvgIpc) is 2.62. The number of nitrogens with two attached hydrogens (primary N) is 1. The summed E-state index contributed by atoms with van der Waals surface area (Å²) in [7, 11) is 0. The molecule has 0 saturated carbocycles. The molecule has 0 amide bonds. The van der Waals surface area contributed by atoms with Gasteiger partial charge in [-0.2, -0.15) is 13.2 Å². The van der Waals surface area contributed by atoms with Gasteiger partial charge in [-0.1, -0.05) is 18.2 Å². The predicted octanol–water partition coefficient (Wildman–Crippen LogP) is 2.73. The zero-order valence-corrected chi connectivity index (χ0v) is 7.68. The molecule has 0 radical (unpaired) electrons. The van der Waals surface area contributed by atoms with Gasteiger partial charge in [0.15, 0.2) is 0 Å². The first-order valence-corrected chi connectivity index (χ1v) is 4.38. The molecular formula is C10H9F3N2. The van der Waals surface area contributed by atoms with Crippen molar-refractivity contribution >= 4 is 10.9 Å². The van der Waals surface area contributed by atoms with Crippen LogP contribution in [0.5, 0.6) is 0 Å². The number of aromatic nitrogens is 1. The SMILES string of the molecule is N[C@@H](c1cccc2cc[nH]c12)C(F)(F)F. The van der Waals surface area contributed by atoms with Crippen molar-refractivity contribution < 1.29 is 13.2 Å². The third-order valence-corrected chi connectivity index (χ3v) is 2.31. The summed E-state index contributed by atoms with van der Waals surface area (Å²) in [6, 6.07) is 4.45. The van der Waals surface area contributed by atoms with Crippen LogP contribution in [0, 0.1) is 0 Å². The van der Waals surface area contributed by atoms with E-state index in [0.29, 0.717) is 5.52 Å². The normalized spacial score (nSPS) is 14.4. The molecule has 1 aromatic heterocycles. The molecule has 2 aromatic rings. The molecule has 2 rings (SSSR count). The molecule has 0 spiro atoms.